The van der Waals surface area contributed by atoms with E-state index in [1.165, 1.54) is 5.56 Å². The Bertz CT molecular complexity index is 675. The van der Waals surface area contributed by atoms with E-state index in [0.29, 0.717) is 11.5 Å². The zero-order valence-electron chi connectivity index (χ0n) is 13.4. The molecule has 0 aliphatic carbocycles. The Morgan fingerprint density at radius 2 is 1.92 bits per heavy atom. The molecule has 1 N–H and O–H groups in total. The zero-order chi connectivity index (χ0) is 16.5. The SMILES string of the molecule is COc1cc(CNCCc2ccccc2)cc(Br)c1OCC#N.Cl. The average Bonchev–Trinajstić information content (AvgIpc) is 2.58. The summed E-state index contributed by atoms with van der Waals surface area (Å²) in [5, 5.41) is 12.1. The third kappa shape index (κ3) is 6.04. The molecular weight excluding hydrogens is 392 g/mol. The maximum absolute atomic E-state index is 8.63. The number of halogens is 2. The molecule has 4 nitrogen and oxygen atoms in total. The zero-order valence-corrected chi connectivity index (χ0v) is 15.8. The van der Waals surface area contributed by atoms with E-state index < -0.39 is 0 Å². The molecular formula is C18H20BrClN2O2. The number of nitrogens with one attached hydrogen (secondary N) is 1. The minimum absolute atomic E-state index is 0. The lowest BCUT2D eigenvalue weighted by Crippen LogP contribution is -2.16. The molecule has 0 amide bonds. The van der Waals surface area contributed by atoms with Gasteiger partial charge in [-0.05, 0) is 52.2 Å². The topological polar surface area (TPSA) is 54.3 Å². The highest BCUT2D eigenvalue weighted by molar-refractivity contribution is 9.10. The summed E-state index contributed by atoms with van der Waals surface area (Å²) >= 11 is 3.47. The number of rotatable bonds is 8. The third-order valence-electron chi connectivity index (χ3n) is 3.33. The molecule has 0 aliphatic heterocycles. The molecule has 0 radical (unpaired) electrons. The molecule has 2 aromatic carbocycles. The summed E-state index contributed by atoms with van der Waals surface area (Å²) in [5.74, 6) is 1.18. The molecule has 0 bridgehead atoms. The van der Waals surface area contributed by atoms with E-state index in [4.69, 9.17) is 14.7 Å². The molecule has 0 aromatic heterocycles. The van der Waals surface area contributed by atoms with Gasteiger partial charge in [0.1, 0.15) is 6.07 Å². The monoisotopic (exact) mass is 410 g/mol. The maximum atomic E-state index is 8.63. The Kier molecular flexibility index (Phi) is 9.24. The van der Waals surface area contributed by atoms with Gasteiger partial charge >= 0.3 is 0 Å². The third-order valence-corrected chi connectivity index (χ3v) is 3.92. The van der Waals surface area contributed by atoms with E-state index in [2.05, 4.69) is 45.5 Å². The highest BCUT2D eigenvalue weighted by Gasteiger charge is 2.11. The highest BCUT2D eigenvalue weighted by Crippen LogP contribution is 2.36. The van der Waals surface area contributed by atoms with Crippen molar-refractivity contribution in [3.05, 3.63) is 58.1 Å². The number of hydrogen-bond donors (Lipinski definition) is 1. The molecule has 0 heterocycles. The van der Waals surface area contributed by atoms with Crippen molar-refractivity contribution >= 4 is 28.3 Å². The van der Waals surface area contributed by atoms with Gasteiger partial charge in [0.25, 0.3) is 0 Å². The van der Waals surface area contributed by atoms with Crippen molar-refractivity contribution in [3.8, 4) is 17.6 Å². The number of hydrogen-bond acceptors (Lipinski definition) is 4. The fraction of sp³-hybridized carbons (Fsp3) is 0.278. The van der Waals surface area contributed by atoms with Crippen LogP contribution in [0.4, 0.5) is 0 Å². The van der Waals surface area contributed by atoms with E-state index in [9.17, 15) is 0 Å². The summed E-state index contributed by atoms with van der Waals surface area (Å²) in [4.78, 5) is 0. The van der Waals surface area contributed by atoms with Crippen LogP contribution in [0, 0.1) is 11.3 Å². The Labute approximate surface area is 157 Å². The second-order valence-electron chi connectivity index (χ2n) is 4.97. The molecule has 0 atom stereocenters. The standard InChI is InChI=1S/C18H19BrN2O2.ClH/c1-22-17-12-15(11-16(19)18(17)23-10-8-20)13-21-9-7-14-5-3-2-4-6-14;/h2-6,11-12,21H,7,9-10,13H2,1H3;1H. The molecule has 2 aromatic rings. The number of nitrogens with zero attached hydrogens (tertiary/aromatic N) is 1. The van der Waals surface area contributed by atoms with Gasteiger partial charge in [-0.2, -0.15) is 5.26 Å². The minimum Gasteiger partial charge on any atom is -0.493 e. The number of nitriles is 1. The smallest absolute Gasteiger partial charge is 0.176 e. The summed E-state index contributed by atoms with van der Waals surface area (Å²) < 4.78 is 11.5. The van der Waals surface area contributed by atoms with E-state index in [0.717, 1.165) is 29.5 Å². The van der Waals surface area contributed by atoms with Crippen LogP contribution in [0.1, 0.15) is 11.1 Å². The molecule has 0 aliphatic rings. The van der Waals surface area contributed by atoms with Crippen molar-refractivity contribution in [1.29, 1.82) is 5.26 Å². The van der Waals surface area contributed by atoms with Crippen molar-refractivity contribution in [3.63, 3.8) is 0 Å². The van der Waals surface area contributed by atoms with Gasteiger partial charge in [0.15, 0.2) is 18.1 Å². The van der Waals surface area contributed by atoms with Crippen LogP contribution >= 0.6 is 28.3 Å². The number of benzene rings is 2. The van der Waals surface area contributed by atoms with Crippen LogP contribution in [-0.4, -0.2) is 20.3 Å². The Balaban J connectivity index is 0.00000288. The van der Waals surface area contributed by atoms with Crippen LogP contribution in [0.2, 0.25) is 0 Å². The molecule has 0 fully saturated rings. The van der Waals surface area contributed by atoms with Crippen molar-refractivity contribution in [1.82, 2.24) is 5.32 Å². The number of methoxy groups -OCH3 is 1. The average molecular weight is 412 g/mol. The van der Waals surface area contributed by atoms with Gasteiger partial charge in [0.05, 0.1) is 11.6 Å². The van der Waals surface area contributed by atoms with Crippen LogP contribution in [0.25, 0.3) is 0 Å². The molecule has 0 unspecified atom stereocenters. The first-order valence-electron chi connectivity index (χ1n) is 7.35. The largest absolute Gasteiger partial charge is 0.493 e. The summed E-state index contributed by atoms with van der Waals surface area (Å²) in [6, 6.07) is 16.2. The van der Waals surface area contributed by atoms with Gasteiger partial charge in [-0.3, -0.25) is 0 Å². The molecule has 128 valence electrons. The van der Waals surface area contributed by atoms with E-state index in [-0.39, 0.29) is 19.0 Å². The first kappa shape index (κ1) is 20.3. The van der Waals surface area contributed by atoms with Gasteiger partial charge in [-0.1, -0.05) is 30.3 Å². The fourth-order valence-electron chi connectivity index (χ4n) is 2.23. The van der Waals surface area contributed by atoms with Crippen LogP contribution in [-0.2, 0) is 13.0 Å². The number of ether oxygens (including phenoxy) is 2. The molecule has 0 saturated heterocycles. The van der Waals surface area contributed by atoms with Gasteiger partial charge in [-0.15, -0.1) is 12.4 Å². The van der Waals surface area contributed by atoms with Crippen LogP contribution < -0.4 is 14.8 Å². The normalized spacial score (nSPS) is 9.71. The minimum atomic E-state index is -0.0103. The van der Waals surface area contributed by atoms with Crippen molar-refractivity contribution in [2.75, 3.05) is 20.3 Å². The summed E-state index contributed by atoms with van der Waals surface area (Å²) in [6.07, 6.45) is 0.989. The van der Waals surface area contributed by atoms with E-state index in [1.54, 1.807) is 7.11 Å². The Morgan fingerprint density at radius 3 is 2.58 bits per heavy atom. The second-order valence-corrected chi connectivity index (χ2v) is 5.82. The Hall–Kier alpha value is -1.74. The van der Waals surface area contributed by atoms with Crippen LogP contribution in [0.3, 0.4) is 0 Å². The molecule has 0 saturated carbocycles. The van der Waals surface area contributed by atoms with Crippen molar-refractivity contribution in [2.24, 2.45) is 0 Å². The quantitative estimate of drug-likeness (QED) is 0.664. The molecule has 2 rings (SSSR count). The maximum Gasteiger partial charge on any atom is 0.176 e. The second kappa shape index (κ2) is 10.9. The highest BCUT2D eigenvalue weighted by atomic mass is 79.9. The van der Waals surface area contributed by atoms with Crippen molar-refractivity contribution in [2.45, 2.75) is 13.0 Å². The predicted octanol–water partition coefficient (Wildman–Crippen LogP) is 4.11. The van der Waals surface area contributed by atoms with Gasteiger partial charge in [0, 0.05) is 6.54 Å². The molecule has 0 spiro atoms. The summed E-state index contributed by atoms with van der Waals surface area (Å²) in [7, 11) is 1.59. The predicted molar refractivity (Wildman–Crippen MR) is 101 cm³/mol. The van der Waals surface area contributed by atoms with Gasteiger partial charge in [0.2, 0.25) is 0 Å². The summed E-state index contributed by atoms with van der Waals surface area (Å²) in [6.45, 7) is 1.63. The first-order chi connectivity index (χ1) is 11.2. The first-order valence-corrected chi connectivity index (χ1v) is 8.14. The van der Waals surface area contributed by atoms with Crippen molar-refractivity contribution < 1.29 is 9.47 Å². The van der Waals surface area contributed by atoms with Gasteiger partial charge < -0.3 is 14.8 Å². The van der Waals surface area contributed by atoms with Crippen LogP contribution in [0.5, 0.6) is 11.5 Å². The fourth-order valence-corrected chi connectivity index (χ4v) is 2.83. The van der Waals surface area contributed by atoms with Gasteiger partial charge in [-0.25, -0.2) is 0 Å². The lowest BCUT2D eigenvalue weighted by Gasteiger charge is -2.13. The van der Waals surface area contributed by atoms with E-state index in [1.807, 2.05) is 24.3 Å². The lowest BCUT2D eigenvalue weighted by atomic mass is 10.1. The lowest BCUT2D eigenvalue weighted by molar-refractivity contribution is 0.327. The molecule has 6 heteroatoms. The van der Waals surface area contributed by atoms with E-state index >= 15 is 0 Å². The molecule has 24 heavy (non-hydrogen) atoms. The summed E-state index contributed by atoms with van der Waals surface area (Å²) in [5.41, 5.74) is 2.41. The van der Waals surface area contributed by atoms with Crippen LogP contribution in [0.15, 0.2) is 46.9 Å². The Morgan fingerprint density at radius 1 is 1.17 bits per heavy atom.